The molecule has 0 bridgehead atoms. The number of likely N-dealkylation sites (tertiary alicyclic amines) is 1. The summed E-state index contributed by atoms with van der Waals surface area (Å²) in [7, 11) is 0. The maximum Gasteiger partial charge on any atom is 0.416 e. The third-order valence-electron chi connectivity index (χ3n) is 7.27. The fourth-order valence-corrected chi connectivity index (χ4v) is 6.33. The number of benzene rings is 2. The predicted molar refractivity (Wildman–Crippen MR) is 159 cm³/mol. The standard InChI is InChI=1S/C30H29ClF4N4O4S/c1-16-20-11-17(5-8-23(20)38(36-16)14-18-6-7-19(31)13-21(18)30(33,34)35)12-25-26(40)39(28(42)44-25)24-9-10-37(15-22(24)32)27(41)43-29(2,3)4/h5-8,11-13,22,24H,9-10,14-15H2,1-4H3/t22-,24-/m0/s1. The number of fused-ring (bicyclic) bond motifs is 1. The number of aryl methyl sites for hydroxylation is 1. The van der Waals surface area contributed by atoms with Crippen LogP contribution in [0.25, 0.3) is 17.0 Å². The third kappa shape index (κ3) is 6.58. The Bertz CT molecular complexity index is 1680. The van der Waals surface area contributed by atoms with Crippen molar-refractivity contribution in [1.82, 2.24) is 19.6 Å². The molecule has 2 saturated heterocycles. The quantitative estimate of drug-likeness (QED) is 0.215. The van der Waals surface area contributed by atoms with E-state index in [-0.39, 0.29) is 41.5 Å². The first-order valence-corrected chi connectivity index (χ1v) is 14.9. The summed E-state index contributed by atoms with van der Waals surface area (Å²) in [6.45, 7) is 6.51. The van der Waals surface area contributed by atoms with Crippen LogP contribution in [0.4, 0.5) is 27.2 Å². The molecule has 5 rings (SSSR count). The highest BCUT2D eigenvalue weighted by Gasteiger charge is 2.46. The summed E-state index contributed by atoms with van der Waals surface area (Å²) in [5.41, 5.74) is 0.113. The van der Waals surface area contributed by atoms with Crippen LogP contribution in [0.15, 0.2) is 41.3 Å². The second-order valence-corrected chi connectivity index (χ2v) is 13.1. The molecule has 0 N–H and O–H groups in total. The van der Waals surface area contributed by atoms with Crippen molar-refractivity contribution in [3.05, 3.63) is 68.7 Å². The summed E-state index contributed by atoms with van der Waals surface area (Å²) >= 11 is 6.51. The molecular formula is C30H29ClF4N4O4S. The number of piperidine rings is 1. The van der Waals surface area contributed by atoms with Crippen LogP contribution in [0.5, 0.6) is 0 Å². The third-order valence-corrected chi connectivity index (χ3v) is 8.39. The normalized spacial score (nSPS) is 20.7. The minimum Gasteiger partial charge on any atom is -0.444 e. The van der Waals surface area contributed by atoms with Gasteiger partial charge in [0, 0.05) is 17.0 Å². The topological polar surface area (TPSA) is 84.7 Å². The number of carbonyl (C=O) groups excluding carboxylic acids is 3. The SMILES string of the molecule is Cc1nn(Cc2ccc(Cl)cc2C(F)(F)F)c2ccc(C=C3SC(=O)N([C@H]4CCN(C(=O)OC(C)(C)C)C[C@@H]4F)C3=O)cc12. The van der Waals surface area contributed by atoms with Gasteiger partial charge in [-0.05, 0) is 87.3 Å². The Balaban J connectivity index is 1.34. The molecule has 2 aromatic carbocycles. The van der Waals surface area contributed by atoms with Crippen molar-refractivity contribution in [3.8, 4) is 0 Å². The van der Waals surface area contributed by atoms with Crippen LogP contribution < -0.4 is 0 Å². The largest absolute Gasteiger partial charge is 0.444 e. The number of aromatic nitrogens is 2. The van der Waals surface area contributed by atoms with E-state index in [0.29, 0.717) is 33.9 Å². The molecule has 0 spiro atoms. The summed E-state index contributed by atoms with van der Waals surface area (Å²) in [6.07, 6.45) is -5.31. The highest BCUT2D eigenvalue weighted by Crippen LogP contribution is 2.38. The van der Waals surface area contributed by atoms with E-state index in [1.165, 1.54) is 27.8 Å². The van der Waals surface area contributed by atoms with Gasteiger partial charge in [0.25, 0.3) is 11.1 Å². The Morgan fingerprint density at radius 3 is 2.55 bits per heavy atom. The molecule has 3 amide bonds. The minimum absolute atomic E-state index is 0.00662. The lowest BCUT2D eigenvalue weighted by molar-refractivity contribution is -0.138. The molecule has 44 heavy (non-hydrogen) atoms. The van der Waals surface area contributed by atoms with Crippen molar-refractivity contribution in [1.29, 1.82) is 0 Å². The van der Waals surface area contributed by atoms with Crippen molar-refractivity contribution in [3.63, 3.8) is 0 Å². The lowest BCUT2D eigenvalue weighted by Crippen LogP contribution is -2.55. The van der Waals surface area contributed by atoms with Crippen LogP contribution in [-0.4, -0.2) is 67.7 Å². The minimum atomic E-state index is -4.59. The number of ether oxygens (including phenoxy) is 1. The Morgan fingerprint density at radius 2 is 1.89 bits per heavy atom. The first-order chi connectivity index (χ1) is 20.5. The maximum absolute atomic E-state index is 15.2. The molecule has 0 radical (unpaired) electrons. The van der Waals surface area contributed by atoms with Gasteiger partial charge in [0.05, 0.1) is 40.8 Å². The van der Waals surface area contributed by atoms with E-state index in [2.05, 4.69) is 5.10 Å². The molecule has 0 saturated carbocycles. The zero-order chi connectivity index (χ0) is 32.1. The lowest BCUT2D eigenvalue weighted by atomic mass is 10.0. The molecule has 3 aromatic rings. The van der Waals surface area contributed by atoms with Crippen LogP contribution in [-0.2, 0) is 22.3 Å². The van der Waals surface area contributed by atoms with E-state index < -0.39 is 46.8 Å². The number of nitrogens with zero attached hydrogens (tertiary/aromatic N) is 4. The molecule has 2 aliphatic rings. The van der Waals surface area contributed by atoms with Gasteiger partial charge in [0.2, 0.25) is 0 Å². The zero-order valence-corrected chi connectivity index (χ0v) is 25.8. The van der Waals surface area contributed by atoms with E-state index in [1.54, 1.807) is 45.9 Å². The van der Waals surface area contributed by atoms with Gasteiger partial charge in [-0.25, -0.2) is 9.18 Å². The van der Waals surface area contributed by atoms with E-state index in [0.717, 1.165) is 11.0 Å². The molecule has 234 valence electrons. The summed E-state index contributed by atoms with van der Waals surface area (Å²) in [4.78, 5) is 40.7. The van der Waals surface area contributed by atoms with Gasteiger partial charge in [-0.3, -0.25) is 19.2 Å². The Labute approximate surface area is 259 Å². The molecule has 14 heteroatoms. The highest BCUT2D eigenvalue weighted by atomic mass is 35.5. The van der Waals surface area contributed by atoms with Gasteiger partial charge < -0.3 is 9.64 Å². The fraction of sp³-hybridized carbons (Fsp3) is 0.400. The van der Waals surface area contributed by atoms with E-state index >= 15 is 4.39 Å². The predicted octanol–water partition coefficient (Wildman–Crippen LogP) is 7.45. The number of alkyl halides is 4. The number of hydrogen-bond donors (Lipinski definition) is 0. The monoisotopic (exact) mass is 652 g/mol. The summed E-state index contributed by atoms with van der Waals surface area (Å²) in [6, 6.07) is 7.65. The maximum atomic E-state index is 15.2. The highest BCUT2D eigenvalue weighted by molar-refractivity contribution is 8.18. The number of amides is 3. The molecule has 0 unspecified atom stereocenters. The Hall–Kier alpha value is -3.58. The summed E-state index contributed by atoms with van der Waals surface area (Å²) < 4.78 is 62.9. The number of thioether (sulfide) groups is 1. The lowest BCUT2D eigenvalue weighted by Gasteiger charge is -2.38. The van der Waals surface area contributed by atoms with Crippen LogP contribution in [0.3, 0.4) is 0 Å². The van der Waals surface area contributed by atoms with Crippen molar-refractivity contribution in [2.24, 2.45) is 0 Å². The van der Waals surface area contributed by atoms with Crippen LogP contribution in [0.2, 0.25) is 5.02 Å². The molecule has 2 fully saturated rings. The molecular weight excluding hydrogens is 624 g/mol. The smallest absolute Gasteiger partial charge is 0.416 e. The van der Waals surface area contributed by atoms with Gasteiger partial charge >= 0.3 is 12.3 Å². The molecule has 0 aliphatic carbocycles. The van der Waals surface area contributed by atoms with Gasteiger partial charge in [0.1, 0.15) is 11.8 Å². The number of halogens is 5. The molecule has 3 heterocycles. The fourth-order valence-electron chi connectivity index (χ4n) is 5.27. The molecule has 2 atom stereocenters. The first kappa shape index (κ1) is 31.8. The first-order valence-electron chi connectivity index (χ1n) is 13.7. The average molecular weight is 653 g/mol. The second kappa shape index (κ2) is 11.7. The van der Waals surface area contributed by atoms with Crippen LogP contribution in [0, 0.1) is 6.92 Å². The number of rotatable bonds is 4. The van der Waals surface area contributed by atoms with E-state index in [1.807, 2.05) is 0 Å². The zero-order valence-electron chi connectivity index (χ0n) is 24.2. The summed E-state index contributed by atoms with van der Waals surface area (Å²) in [5, 5.41) is 4.46. The molecule has 8 nitrogen and oxygen atoms in total. The molecule has 1 aromatic heterocycles. The van der Waals surface area contributed by atoms with Crippen molar-refractivity contribution >= 4 is 57.6 Å². The van der Waals surface area contributed by atoms with Gasteiger partial charge in [-0.15, -0.1) is 0 Å². The van der Waals surface area contributed by atoms with Crippen LogP contribution in [0.1, 0.15) is 49.6 Å². The Morgan fingerprint density at radius 1 is 1.16 bits per heavy atom. The number of carbonyl (C=O) groups is 3. The van der Waals surface area contributed by atoms with Gasteiger partial charge in [0.15, 0.2) is 0 Å². The van der Waals surface area contributed by atoms with Gasteiger partial charge in [-0.1, -0.05) is 23.7 Å². The van der Waals surface area contributed by atoms with E-state index in [9.17, 15) is 27.6 Å². The molecule has 2 aliphatic heterocycles. The number of imide groups is 1. The van der Waals surface area contributed by atoms with E-state index in [4.69, 9.17) is 16.3 Å². The van der Waals surface area contributed by atoms with Crippen LogP contribution >= 0.6 is 23.4 Å². The van der Waals surface area contributed by atoms with Gasteiger partial charge in [-0.2, -0.15) is 18.3 Å². The second-order valence-electron chi connectivity index (χ2n) is 11.7. The van der Waals surface area contributed by atoms with Crippen molar-refractivity contribution in [2.75, 3.05) is 13.1 Å². The van der Waals surface area contributed by atoms with Crippen molar-refractivity contribution < 1.29 is 36.7 Å². The Kier molecular flexibility index (Phi) is 8.49. The number of hydrogen-bond acceptors (Lipinski definition) is 6. The average Bonchev–Trinajstić information content (AvgIpc) is 3.37. The summed E-state index contributed by atoms with van der Waals surface area (Å²) in [5.74, 6) is -0.631. The van der Waals surface area contributed by atoms with Crippen molar-refractivity contribution in [2.45, 2.75) is 64.7 Å².